The standard InChI is InChI=1S/C21H23FN4O4/c1-12-8-16-19(27)26(2)20(23)25-21(16,11-29-12)15-9-14(4-5-17(15)22)30-18-10-13(28-3)6-7-24-18/h4-7,9-10,12,16H,8,11H2,1-3H3,(H2,23,25)/t12-,16?,21+/m0/s1. The average molecular weight is 414 g/mol. The maximum atomic E-state index is 15.0. The van der Waals surface area contributed by atoms with Crippen molar-refractivity contribution in [3.8, 4) is 17.4 Å². The van der Waals surface area contributed by atoms with Crippen LogP contribution in [0.5, 0.6) is 17.4 Å². The first kappa shape index (κ1) is 20.1. The van der Waals surface area contributed by atoms with E-state index in [1.807, 2.05) is 6.92 Å². The van der Waals surface area contributed by atoms with Gasteiger partial charge in [-0.3, -0.25) is 9.69 Å². The number of nitrogens with two attached hydrogens (primary N) is 1. The highest BCUT2D eigenvalue weighted by Crippen LogP contribution is 2.46. The number of ether oxygens (including phenoxy) is 3. The van der Waals surface area contributed by atoms with Gasteiger partial charge < -0.3 is 19.9 Å². The van der Waals surface area contributed by atoms with Crippen LogP contribution in [0.1, 0.15) is 18.9 Å². The molecule has 0 aliphatic carbocycles. The molecule has 2 aliphatic rings. The van der Waals surface area contributed by atoms with Crippen LogP contribution >= 0.6 is 0 Å². The molecule has 30 heavy (non-hydrogen) atoms. The van der Waals surface area contributed by atoms with E-state index in [1.54, 1.807) is 25.4 Å². The van der Waals surface area contributed by atoms with Crippen molar-refractivity contribution in [3.63, 3.8) is 0 Å². The van der Waals surface area contributed by atoms with Crippen molar-refractivity contribution in [2.24, 2.45) is 16.6 Å². The van der Waals surface area contributed by atoms with E-state index in [-0.39, 0.29) is 36.0 Å². The topological polar surface area (TPSA) is 99.3 Å². The van der Waals surface area contributed by atoms with Gasteiger partial charge in [0.05, 0.1) is 25.7 Å². The lowest BCUT2D eigenvalue weighted by Crippen LogP contribution is -2.59. The van der Waals surface area contributed by atoms with Gasteiger partial charge >= 0.3 is 0 Å². The van der Waals surface area contributed by atoms with E-state index in [1.165, 1.54) is 30.2 Å². The third kappa shape index (κ3) is 3.35. The largest absolute Gasteiger partial charge is 0.497 e. The van der Waals surface area contributed by atoms with E-state index in [4.69, 9.17) is 19.9 Å². The summed E-state index contributed by atoms with van der Waals surface area (Å²) < 4.78 is 31.8. The fraction of sp³-hybridized carbons (Fsp3) is 0.381. The molecule has 8 nitrogen and oxygen atoms in total. The Morgan fingerprint density at radius 3 is 2.87 bits per heavy atom. The number of carbonyl (C=O) groups excluding carboxylic acids is 1. The van der Waals surface area contributed by atoms with Gasteiger partial charge in [0.1, 0.15) is 22.9 Å². The first-order chi connectivity index (χ1) is 14.3. The van der Waals surface area contributed by atoms with E-state index in [0.717, 1.165) is 0 Å². The Balaban J connectivity index is 1.78. The van der Waals surface area contributed by atoms with Crippen LogP contribution < -0.4 is 15.2 Å². The smallest absolute Gasteiger partial charge is 0.235 e. The lowest BCUT2D eigenvalue weighted by atomic mass is 9.72. The van der Waals surface area contributed by atoms with Crippen molar-refractivity contribution in [1.82, 2.24) is 9.88 Å². The quantitative estimate of drug-likeness (QED) is 0.825. The molecule has 1 aromatic carbocycles. The molecule has 1 aromatic heterocycles. The monoisotopic (exact) mass is 414 g/mol. The number of hydrogen-bond acceptors (Lipinski definition) is 7. The molecule has 1 saturated heterocycles. The molecule has 3 heterocycles. The van der Waals surface area contributed by atoms with Crippen molar-refractivity contribution in [1.29, 1.82) is 0 Å². The van der Waals surface area contributed by atoms with E-state index in [9.17, 15) is 4.79 Å². The Bertz CT molecular complexity index is 1010. The Labute approximate surface area is 173 Å². The predicted octanol–water partition coefficient (Wildman–Crippen LogP) is 2.43. The summed E-state index contributed by atoms with van der Waals surface area (Å²) in [6.45, 7) is 1.92. The minimum atomic E-state index is -1.26. The SMILES string of the molecule is COc1ccnc(Oc2ccc(F)c([C@]34CO[C@@H](C)CC3C(=O)N(C)C(N)=N4)c2)c1. The van der Waals surface area contributed by atoms with E-state index < -0.39 is 17.3 Å². The van der Waals surface area contributed by atoms with Crippen molar-refractivity contribution < 1.29 is 23.4 Å². The summed E-state index contributed by atoms with van der Waals surface area (Å²) in [5, 5.41) is 0. The Hall–Kier alpha value is -3.20. The maximum absolute atomic E-state index is 15.0. The van der Waals surface area contributed by atoms with Gasteiger partial charge in [-0.15, -0.1) is 0 Å². The van der Waals surface area contributed by atoms with Gasteiger partial charge in [-0.05, 0) is 37.6 Å². The molecule has 0 spiro atoms. The van der Waals surface area contributed by atoms with Crippen LogP contribution in [0.15, 0.2) is 41.5 Å². The van der Waals surface area contributed by atoms with Crippen LogP contribution in [0.2, 0.25) is 0 Å². The third-order valence-electron chi connectivity index (χ3n) is 5.59. The molecule has 9 heteroatoms. The number of carbonyl (C=O) groups is 1. The molecule has 0 radical (unpaired) electrons. The van der Waals surface area contributed by atoms with Crippen molar-refractivity contribution in [2.45, 2.75) is 25.0 Å². The van der Waals surface area contributed by atoms with Gasteiger partial charge in [0.15, 0.2) is 5.96 Å². The van der Waals surface area contributed by atoms with Gasteiger partial charge in [-0.25, -0.2) is 14.4 Å². The minimum absolute atomic E-state index is 0.0228. The summed E-state index contributed by atoms with van der Waals surface area (Å²) >= 11 is 0. The van der Waals surface area contributed by atoms with Crippen molar-refractivity contribution in [2.75, 3.05) is 20.8 Å². The summed E-state index contributed by atoms with van der Waals surface area (Å²) in [5.74, 6) is -0.0892. The molecule has 0 bridgehead atoms. The maximum Gasteiger partial charge on any atom is 0.235 e. The Morgan fingerprint density at radius 1 is 1.30 bits per heavy atom. The number of aliphatic imine (C=N–C) groups is 1. The summed E-state index contributed by atoms with van der Waals surface area (Å²) in [4.78, 5) is 23.0. The molecule has 0 saturated carbocycles. The fourth-order valence-electron chi connectivity index (χ4n) is 3.93. The minimum Gasteiger partial charge on any atom is -0.497 e. The molecule has 4 rings (SSSR count). The highest BCUT2D eigenvalue weighted by atomic mass is 19.1. The number of benzene rings is 1. The first-order valence-corrected chi connectivity index (χ1v) is 9.56. The second-order valence-electron chi connectivity index (χ2n) is 7.48. The number of fused-ring (bicyclic) bond motifs is 1. The zero-order chi connectivity index (χ0) is 21.5. The van der Waals surface area contributed by atoms with Crippen molar-refractivity contribution >= 4 is 11.9 Å². The number of pyridine rings is 1. The van der Waals surface area contributed by atoms with Crippen LogP contribution in [0.25, 0.3) is 0 Å². The third-order valence-corrected chi connectivity index (χ3v) is 5.59. The number of aromatic nitrogens is 1. The normalized spacial score (nSPS) is 26.1. The summed E-state index contributed by atoms with van der Waals surface area (Å²) in [7, 11) is 3.10. The Kier molecular flexibility index (Phi) is 5.07. The predicted molar refractivity (Wildman–Crippen MR) is 107 cm³/mol. The fourth-order valence-corrected chi connectivity index (χ4v) is 3.93. The van der Waals surface area contributed by atoms with E-state index in [0.29, 0.717) is 17.9 Å². The molecular weight excluding hydrogens is 391 g/mol. The van der Waals surface area contributed by atoms with Crippen LogP contribution in [-0.2, 0) is 15.1 Å². The van der Waals surface area contributed by atoms with Gasteiger partial charge in [0, 0.05) is 24.9 Å². The second-order valence-corrected chi connectivity index (χ2v) is 7.48. The van der Waals surface area contributed by atoms with Gasteiger partial charge in [0.25, 0.3) is 0 Å². The molecule has 2 N–H and O–H groups in total. The highest BCUT2D eigenvalue weighted by Gasteiger charge is 2.54. The summed E-state index contributed by atoms with van der Waals surface area (Å²) in [6.07, 6.45) is 1.80. The Morgan fingerprint density at radius 2 is 2.10 bits per heavy atom. The van der Waals surface area contributed by atoms with Crippen molar-refractivity contribution in [3.05, 3.63) is 47.9 Å². The van der Waals surface area contributed by atoms with Crippen LogP contribution in [0.4, 0.5) is 4.39 Å². The van der Waals surface area contributed by atoms with Gasteiger partial charge in [-0.1, -0.05) is 0 Å². The second kappa shape index (κ2) is 7.56. The molecule has 1 fully saturated rings. The van der Waals surface area contributed by atoms with E-state index >= 15 is 4.39 Å². The number of amides is 1. The zero-order valence-corrected chi connectivity index (χ0v) is 17.0. The number of rotatable bonds is 4. The van der Waals surface area contributed by atoms with Gasteiger partial charge in [0.2, 0.25) is 11.8 Å². The zero-order valence-electron chi connectivity index (χ0n) is 17.0. The average Bonchev–Trinajstić information content (AvgIpc) is 2.74. The molecule has 2 aliphatic heterocycles. The number of hydrogen-bond donors (Lipinski definition) is 1. The number of halogens is 1. The van der Waals surface area contributed by atoms with Crippen LogP contribution in [0, 0.1) is 11.7 Å². The van der Waals surface area contributed by atoms with Crippen LogP contribution in [-0.4, -0.2) is 48.6 Å². The van der Waals surface area contributed by atoms with Gasteiger partial charge in [-0.2, -0.15) is 0 Å². The highest BCUT2D eigenvalue weighted by molar-refractivity contribution is 6.00. The summed E-state index contributed by atoms with van der Waals surface area (Å²) in [5.41, 5.74) is 4.94. The lowest BCUT2D eigenvalue weighted by molar-refractivity contribution is -0.144. The van der Waals surface area contributed by atoms with Crippen LogP contribution in [0.3, 0.4) is 0 Å². The first-order valence-electron chi connectivity index (χ1n) is 9.56. The number of guanidine groups is 1. The molecule has 2 aromatic rings. The molecule has 1 amide bonds. The summed E-state index contributed by atoms with van der Waals surface area (Å²) in [6, 6.07) is 7.60. The number of nitrogens with zero attached hydrogens (tertiary/aromatic N) is 3. The molecule has 158 valence electrons. The molecule has 1 unspecified atom stereocenters. The molecule has 3 atom stereocenters. The van der Waals surface area contributed by atoms with E-state index in [2.05, 4.69) is 9.98 Å². The number of methoxy groups -OCH3 is 1. The lowest BCUT2D eigenvalue weighted by Gasteiger charge is -2.46. The molecular formula is C21H23FN4O4.